The molecule has 0 saturated carbocycles. The first-order chi connectivity index (χ1) is 13.1. The Morgan fingerprint density at radius 2 is 1.44 bits per heavy atom. The maximum absolute atomic E-state index is 12.3. The van der Waals surface area contributed by atoms with Crippen LogP contribution in [0.15, 0.2) is 54.6 Å². The molecule has 0 aliphatic rings. The predicted molar refractivity (Wildman–Crippen MR) is 103 cm³/mol. The van der Waals surface area contributed by atoms with Gasteiger partial charge in [0, 0.05) is 23.1 Å². The zero-order valence-corrected chi connectivity index (χ0v) is 15.5. The molecule has 1 amide bonds. The molecule has 1 N–H and O–H groups in total. The number of aromatic nitrogens is 2. The molecule has 0 radical (unpaired) electrons. The molecule has 1 aromatic heterocycles. The number of hydrogen-bond acceptors (Lipinski definition) is 6. The van der Waals surface area contributed by atoms with E-state index in [9.17, 15) is 14.4 Å². The van der Waals surface area contributed by atoms with Crippen LogP contribution in [0.5, 0.6) is 0 Å². The summed E-state index contributed by atoms with van der Waals surface area (Å²) < 4.78 is 0. The molecule has 0 bridgehead atoms. The highest BCUT2D eigenvalue weighted by molar-refractivity contribution is 7.15. The number of carbonyl (C=O) groups is 3. The van der Waals surface area contributed by atoms with E-state index in [2.05, 4.69) is 15.5 Å². The van der Waals surface area contributed by atoms with Gasteiger partial charge in [0.25, 0.3) is 5.91 Å². The molecular formula is C20H17N3O3S. The summed E-state index contributed by atoms with van der Waals surface area (Å²) in [7, 11) is 0. The van der Waals surface area contributed by atoms with Gasteiger partial charge in [0.15, 0.2) is 0 Å². The van der Waals surface area contributed by atoms with Gasteiger partial charge in [-0.2, -0.15) is 0 Å². The fourth-order valence-corrected chi connectivity index (χ4v) is 3.25. The Morgan fingerprint density at radius 3 is 2.07 bits per heavy atom. The molecule has 7 heteroatoms. The highest BCUT2D eigenvalue weighted by Crippen LogP contribution is 2.18. The van der Waals surface area contributed by atoms with E-state index in [0.29, 0.717) is 16.3 Å². The van der Waals surface area contributed by atoms with Crippen molar-refractivity contribution in [3.05, 3.63) is 76.3 Å². The molecule has 136 valence electrons. The second-order valence-corrected chi connectivity index (χ2v) is 6.87. The van der Waals surface area contributed by atoms with Gasteiger partial charge in [0.05, 0.1) is 0 Å². The minimum Gasteiger partial charge on any atom is -0.296 e. The summed E-state index contributed by atoms with van der Waals surface area (Å²) in [6.07, 6.45) is 1.78. The van der Waals surface area contributed by atoms with Crippen molar-refractivity contribution in [3.8, 4) is 0 Å². The largest absolute Gasteiger partial charge is 0.296 e. The van der Waals surface area contributed by atoms with Gasteiger partial charge in [0.1, 0.15) is 5.01 Å². The molecule has 6 nitrogen and oxygen atoms in total. The first kappa shape index (κ1) is 18.6. The van der Waals surface area contributed by atoms with E-state index in [0.717, 1.165) is 17.8 Å². The summed E-state index contributed by atoms with van der Waals surface area (Å²) >= 11 is 1.34. The van der Waals surface area contributed by atoms with Crippen LogP contribution in [0.4, 0.5) is 5.13 Å². The molecule has 0 unspecified atom stereocenters. The molecule has 0 spiro atoms. The van der Waals surface area contributed by atoms with Crippen LogP contribution >= 0.6 is 11.3 Å². The normalized spacial score (nSPS) is 10.4. The minimum absolute atomic E-state index is 0.238. The van der Waals surface area contributed by atoms with Crippen molar-refractivity contribution in [2.45, 2.75) is 19.8 Å². The van der Waals surface area contributed by atoms with Crippen molar-refractivity contribution in [1.29, 1.82) is 0 Å². The first-order valence-corrected chi connectivity index (χ1v) is 9.28. The van der Waals surface area contributed by atoms with Crippen molar-refractivity contribution in [1.82, 2.24) is 10.2 Å². The monoisotopic (exact) mass is 379 g/mol. The Morgan fingerprint density at radius 1 is 0.852 bits per heavy atom. The molecule has 1 heterocycles. The third-order valence-electron chi connectivity index (χ3n) is 3.80. The highest BCUT2D eigenvalue weighted by atomic mass is 32.1. The van der Waals surface area contributed by atoms with Crippen LogP contribution in [0.25, 0.3) is 0 Å². The lowest BCUT2D eigenvalue weighted by atomic mass is 10.0. The molecule has 0 saturated heterocycles. The smallest absolute Gasteiger partial charge is 0.257 e. The van der Waals surface area contributed by atoms with Gasteiger partial charge in [-0.25, -0.2) is 0 Å². The lowest BCUT2D eigenvalue weighted by Gasteiger charge is -2.04. The summed E-state index contributed by atoms with van der Waals surface area (Å²) in [5.41, 5.74) is 0.941. The van der Waals surface area contributed by atoms with Crippen LogP contribution in [0.2, 0.25) is 0 Å². The molecule has 0 fully saturated rings. The Balaban J connectivity index is 1.68. The molecule has 0 aliphatic carbocycles. The third-order valence-corrected chi connectivity index (χ3v) is 4.70. The maximum Gasteiger partial charge on any atom is 0.257 e. The Labute approximate surface area is 160 Å². The first-order valence-electron chi connectivity index (χ1n) is 8.46. The minimum atomic E-state index is -0.610. The number of hydrogen-bond donors (Lipinski definition) is 1. The quantitative estimate of drug-likeness (QED) is 0.498. The van der Waals surface area contributed by atoms with Crippen molar-refractivity contribution < 1.29 is 14.4 Å². The summed E-state index contributed by atoms with van der Waals surface area (Å²) in [6, 6.07) is 14.3. The SMILES string of the molecule is CCCc1nnc(NC(=O)c2ccc(C(=O)C(=O)c3ccccc3)cc2)s1. The number of nitrogens with zero attached hydrogens (tertiary/aromatic N) is 2. The summed E-state index contributed by atoms with van der Waals surface area (Å²) in [5.74, 6) is -1.53. The van der Waals surface area contributed by atoms with Crippen LogP contribution in [0.3, 0.4) is 0 Å². The summed E-state index contributed by atoms with van der Waals surface area (Å²) in [6.45, 7) is 2.05. The van der Waals surface area contributed by atoms with Crippen molar-refractivity contribution >= 4 is 33.9 Å². The number of benzene rings is 2. The zero-order valence-electron chi connectivity index (χ0n) is 14.6. The second kappa shape index (κ2) is 8.46. The van der Waals surface area contributed by atoms with Crippen molar-refractivity contribution in [2.75, 3.05) is 5.32 Å². The van der Waals surface area contributed by atoms with E-state index in [1.54, 1.807) is 30.3 Å². The van der Waals surface area contributed by atoms with Crippen molar-refractivity contribution in [2.24, 2.45) is 0 Å². The van der Waals surface area contributed by atoms with Gasteiger partial charge in [-0.15, -0.1) is 10.2 Å². The third kappa shape index (κ3) is 4.51. The number of rotatable bonds is 7. The second-order valence-electron chi connectivity index (χ2n) is 5.81. The molecule has 27 heavy (non-hydrogen) atoms. The van der Waals surface area contributed by atoms with Crippen LogP contribution in [0, 0.1) is 0 Å². The molecule has 2 aromatic carbocycles. The fraction of sp³-hybridized carbons (Fsp3) is 0.150. The highest BCUT2D eigenvalue weighted by Gasteiger charge is 2.18. The van der Waals surface area contributed by atoms with E-state index in [1.807, 2.05) is 6.92 Å². The number of carbonyl (C=O) groups excluding carboxylic acids is 3. The van der Waals surface area contributed by atoms with Gasteiger partial charge < -0.3 is 0 Å². The van der Waals surface area contributed by atoms with Crippen molar-refractivity contribution in [3.63, 3.8) is 0 Å². The number of ketones is 2. The van der Waals surface area contributed by atoms with Gasteiger partial charge in [0.2, 0.25) is 16.7 Å². The lowest BCUT2D eigenvalue weighted by molar-refractivity contribution is 0.0817. The van der Waals surface area contributed by atoms with Gasteiger partial charge in [-0.1, -0.05) is 60.7 Å². The standard InChI is InChI=1S/C20H17N3O3S/c1-2-6-16-22-23-20(27-16)21-19(26)15-11-9-14(10-12-15)18(25)17(24)13-7-4-3-5-8-13/h3-5,7-12H,2,6H2,1H3,(H,21,23,26). The molecule has 0 atom stereocenters. The lowest BCUT2D eigenvalue weighted by Crippen LogP contribution is -2.15. The zero-order chi connectivity index (χ0) is 19.2. The van der Waals surface area contributed by atoms with E-state index in [1.165, 1.54) is 35.6 Å². The van der Waals surface area contributed by atoms with Crippen LogP contribution in [0.1, 0.15) is 49.4 Å². The number of anilines is 1. The van der Waals surface area contributed by atoms with Gasteiger partial charge >= 0.3 is 0 Å². The summed E-state index contributed by atoms with van der Waals surface area (Å²) in [5, 5.41) is 11.9. The van der Waals surface area contributed by atoms with Crippen LogP contribution < -0.4 is 5.32 Å². The number of Topliss-reactive ketones (excluding diaryl/α,β-unsaturated/α-hetero) is 2. The number of nitrogens with one attached hydrogen (secondary N) is 1. The van der Waals surface area contributed by atoms with Crippen LogP contribution in [-0.2, 0) is 6.42 Å². The van der Waals surface area contributed by atoms with Gasteiger partial charge in [-0.3, -0.25) is 19.7 Å². The number of amides is 1. The topological polar surface area (TPSA) is 89.0 Å². The van der Waals surface area contributed by atoms with E-state index >= 15 is 0 Å². The number of aryl methyl sites for hydroxylation is 1. The molecular weight excluding hydrogens is 362 g/mol. The average molecular weight is 379 g/mol. The Hall–Kier alpha value is -3.19. The van der Waals surface area contributed by atoms with Crippen LogP contribution in [-0.4, -0.2) is 27.7 Å². The Kier molecular flexibility index (Phi) is 5.83. The average Bonchev–Trinajstić information content (AvgIpc) is 3.15. The van der Waals surface area contributed by atoms with E-state index in [-0.39, 0.29) is 11.5 Å². The molecule has 3 rings (SSSR count). The molecule has 3 aromatic rings. The summed E-state index contributed by atoms with van der Waals surface area (Å²) in [4.78, 5) is 36.8. The fourth-order valence-electron chi connectivity index (χ4n) is 2.41. The Bertz CT molecular complexity index is 966. The van der Waals surface area contributed by atoms with Gasteiger partial charge in [-0.05, 0) is 18.6 Å². The molecule has 0 aliphatic heterocycles. The maximum atomic E-state index is 12.3. The van der Waals surface area contributed by atoms with E-state index < -0.39 is 11.6 Å². The van der Waals surface area contributed by atoms with E-state index in [4.69, 9.17) is 0 Å². The predicted octanol–water partition coefficient (Wildman–Crippen LogP) is 3.81.